The number of anilines is 1. The lowest BCUT2D eigenvalue weighted by molar-refractivity contribution is 0.0657. The summed E-state index contributed by atoms with van der Waals surface area (Å²) < 4.78 is 5.59. The van der Waals surface area contributed by atoms with Gasteiger partial charge in [0.05, 0.1) is 23.4 Å². The van der Waals surface area contributed by atoms with E-state index in [0.29, 0.717) is 41.8 Å². The molecule has 5 nitrogen and oxygen atoms in total. The average molecular weight is 378 g/mol. The van der Waals surface area contributed by atoms with E-state index in [1.807, 2.05) is 48.2 Å². The Hall–Kier alpha value is -2.82. The summed E-state index contributed by atoms with van der Waals surface area (Å²) >= 11 is 0. The molecule has 1 N–H and O–H groups in total. The molecule has 1 aliphatic heterocycles. The van der Waals surface area contributed by atoms with Crippen molar-refractivity contribution in [3.05, 3.63) is 59.2 Å². The van der Waals surface area contributed by atoms with Gasteiger partial charge in [-0.3, -0.25) is 9.59 Å². The third kappa shape index (κ3) is 3.49. The van der Waals surface area contributed by atoms with E-state index in [2.05, 4.69) is 5.32 Å². The monoisotopic (exact) mass is 378 g/mol. The number of carbonyl (C=O) groups excluding carboxylic acids is 2. The smallest absolute Gasteiger partial charge is 0.256 e. The summed E-state index contributed by atoms with van der Waals surface area (Å²) in [5.41, 5.74) is 2.55. The largest absolute Gasteiger partial charge is 0.492 e. The summed E-state index contributed by atoms with van der Waals surface area (Å²) in [4.78, 5) is 28.2. The second kappa shape index (κ2) is 8.05. The Balaban J connectivity index is 1.59. The second-order valence-electron chi connectivity index (χ2n) is 7.45. The summed E-state index contributed by atoms with van der Waals surface area (Å²) in [7, 11) is 0. The number of ether oxygens (including phenoxy) is 1. The molecule has 1 heterocycles. The maximum Gasteiger partial charge on any atom is 0.256 e. The van der Waals surface area contributed by atoms with E-state index in [4.69, 9.17) is 4.74 Å². The molecule has 5 heteroatoms. The first-order valence-corrected chi connectivity index (χ1v) is 10.1. The van der Waals surface area contributed by atoms with Gasteiger partial charge in [0.2, 0.25) is 0 Å². The summed E-state index contributed by atoms with van der Waals surface area (Å²) in [6, 6.07) is 13.2. The minimum atomic E-state index is -0.275. The van der Waals surface area contributed by atoms with Gasteiger partial charge in [0.1, 0.15) is 5.75 Å². The van der Waals surface area contributed by atoms with Crippen LogP contribution in [0.25, 0.3) is 0 Å². The summed E-state index contributed by atoms with van der Waals surface area (Å²) in [5.74, 6) is 0.342. The standard InChI is InChI=1S/C23H26N2O3/c1-2-28-20-14-7-6-13-19(20)24-22(26)18-12-8-9-16-15-25(23(27)21(16)18)17-10-4-3-5-11-17/h6-9,12-14,17H,2-5,10-11,15H2,1H3,(H,24,26). The van der Waals surface area contributed by atoms with E-state index in [9.17, 15) is 9.59 Å². The van der Waals surface area contributed by atoms with E-state index in [1.165, 1.54) is 19.3 Å². The number of carbonyl (C=O) groups is 2. The Kier molecular flexibility index (Phi) is 5.33. The van der Waals surface area contributed by atoms with Gasteiger partial charge in [-0.25, -0.2) is 0 Å². The van der Waals surface area contributed by atoms with E-state index < -0.39 is 0 Å². The number of fused-ring (bicyclic) bond motifs is 1. The number of nitrogens with one attached hydrogen (secondary N) is 1. The molecule has 2 aliphatic rings. The molecule has 0 spiro atoms. The van der Waals surface area contributed by atoms with Crippen LogP contribution in [-0.2, 0) is 6.54 Å². The van der Waals surface area contributed by atoms with Gasteiger partial charge in [-0.05, 0) is 43.5 Å². The summed E-state index contributed by atoms with van der Waals surface area (Å²) in [6.45, 7) is 3.03. The first-order chi connectivity index (χ1) is 13.7. The molecule has 1 fully saturated rings. The molecule has 146 valence electrons. The van der Waals surface area contributed by atoms with Crippen LogP contribution < -0.4 is 10.1 Å². The van der Waals surface area contributed by atoms with Crippen LogP contribution in [0.2, 0.25) is 0 Å². The zero-order valence-electron chi connectivity index (χ0n) is 16.2. The Morgan fingerprint density at radius 3 is 2.68 bits per heavy atom. The Morgan fingerprint density at radius 2 is 1.89 bits per heavy atom. The number of rotatable bonds is 5. The molecule has 2 aromatic rings. The fraction of sp³-hybridized carbons (Fsp3) is 0.391. The van der Waals surface area contributed by atoms with Gasteiger partial charge < -0.3 is 15.0 Å². The minimum absolute atomic E-state index is 0.00857. The fourth-order valence-corrected chi connectivity index (χ4v) is 4.30. The third-order valence-electron chi connectivity index (χ3n) is 5.66. The lowest BCUT2D eigenvalue weighted by Gasteiger charge is -2.30. The minimum Gasteiger partial charge on any atom is -0.492 e. The molecule has 0 bridgehead atoms. The first kappa shape index (κ1) is 18.5. The predicted octanol–water partition coefficient (Wildman–Crippen LogP) is 4.63. The molecule has 4 rings (SSSR count). The number of benzene rings is 2. The quantitative estimate of drug-likeness (QED) is 0.825. The van der Waals surface area contributed by atoms with Crippen LogP contribution in [0, 0.1) is 0 Å². The molecule has 28 heavy (non-hydrogen) atoms. The number of hydrogen-bond donors (Lipinski definition) is 1. The highest BCUT2D eigenvalue weighted by Gasteiger charge is 2.36. The van der Waals surface area contributed by atoms with Gasteiger partial charge in [0.15, 0.2) is 0 Å². The highest BCUT2D eigenvalue weighted by molar-refractivity contribution is 6.14. The number of hydrogen-bond acceptors (Lipinski definition) is 3. The van der Waals surface area contributed by atoms with Crippen LogP contribution >= 0.6 is 0 Å². The zero-order valence-corrected chi connectivity index (χ0v) is 16.2. The number of para-hydroxylation sites is 2. The molecule has 0 saturated heterocycles. The third-order valence-corrected chi connectivity index (χ3v) is 5.66. The molecule has 2 amide bonds. The highest BCUT2D eigenvalue weighted by Crippen LogP contribution is 2.33. The Morgan fingerprint density at radius 1 is 1.11 bits per heavy atom. The van der Waals surface area contributed by atoms with Crippen LogP contribution in [0.15, 0.2) is 42.5 Å². The van der Waals surface area contributed by atoms with Gasteiger partial charge in [-0.1, -0.05) is 43.5 Å². The normalized spacial score (nSPS) is 16.8. The lowest BCUT2D eigenvalue weighted by Crippen LogP contribution is -2.37. The van der Waals surface area contributed by atoms with E-state index in [1.54, 1.807) is 6.07 Å². The van der Waals surface area contributed by atoms with Crippen molar-refractivity contribution in [2.75, 3.05) is 11.9 Å². The maximum atomic E-state index is 13.2. The van der Waals surface area contributed by atoms with Crippen molar-refractivity contribution in [3.63, 3.8) is 0 Å². The van der Waals surface area contributed by atoms with E-state index in [-0.39, 0.29) is 11.8 Å². The van der Waals surface area contributed by atoms with Crippen LogP contribution in [0.1, 0.15) is 65.3 Å². The van der Waals surface area contributed by atoms with Crippen molar-refractivity contribution in [2.45, 2.75) is 51.6 Å². The molecular formula is C23H26N2O3. The summed E-state index contributed by atoms with van der Waals surface area (Å²) in [6.07, 6.45) is 5.71. The number of amides is 2. The van der Waals surface area contributed by atoms with Crippen molar-refractivity contribution in [3.8, 4) is 5.75 Å². The van der Waals surface area contributed by atoms with Gasteiger partial charge in [-0.2, -0.15) is 0 Å². The van der Waals surface area contributed by atoms with Crippen LogP contribution in [0.4, 0.5) is 5.69 Å². The first-order valence-electron chi connectivity index (χ1n) is 10.1. The molecule has 0 unspecified atom stereocenters. The highest BCUT2D eigenvalue weighted by atomic mass is 16.5. The maximum absolute atomic E-state index is 13.2. The zero-order chi connectivity index (χ0) is 19.5. The van der Waals surface area contributed by atoms with Gasteiger partial charge in [0.25, 0.3) is 11.8 Å². The van der Waals surface area contributed by atoms with Gasteiger partial charge in [-0.15, -0.1) is 0 Å². The number of nitrogens with zero attached hydrogens (tertiary/aromatic N) is 1. The topological polar surface area (TPSA) is 58.6 Å². The van der Waals surface area contributed by atoms with E-state index >= 15 is 0 Å². The van der Waals surface area contributed by atoms with Gasteiger partial charge in [0, 0.05) is 12.6 Å². The van der Waals surface area contributed by atoms with Crippen LogP contribution in [0.3, 0.4) is 0 Å². The van der Waals surface area contributed by atoms with Crippen LogP contribution in [-0.4, -0.2) is 29.4 Å². The molecule has 1 aliphatic carbocycles. The predicted molar refractivity (Wildman–Crippen MR) is 109 cm³/mol. The van der Waals surface area contributed by atoms with Crippen LogP contribution in [0.5, 0.6) is 5.75 Å². The average Bonchev–Trinajstić information content (AvgIpc) is 3.07. The van der Waals surface area contributed by atoms with Crippen molar-refractivity contribution >= 4 is 17.5 Å². The molecular weight excluding hydrogens is 352 g/mol. The Bertz CT molecular complexity index is 887. The molecule has 1 saturated carbocycles. The van der Waals surface area contributed by atoms with E-state index in [0.717, 1.165) is 18.4 Å². The Labute approximate surface area is 165 Å². The second-order valence-corrected chi connectivity index (χ2v) is 7.45. The molecule has 0 radical (unpaired) electrons. The molecule has 0 aromatic heterocycles. The van der Waals surface area contributed by atoms with Crippen molar-refractivity contribution in [1.29, 1.82) is 0 Å². The lowest BCUT2D eigenvalue weighted by atomic mass is 9.94. The van der Waals surface area contributed by atoms with Crippen molar-refractivity contribution in [2.24, 2.45) is 0 Å². The van der Waals surface area contributed by atoms with Crippen molar-refractivity contribution in [1.82, 2.24) is 4.90 Å². The van der Waals surface area contributed by atoms with Crippen molar-refractivity contribution < 1.29 is 14.3 Å². The molecule has 2 aromatic carbocycles. The summed E-state index contributed by atoms with van der Waals surface area (Å²) in [5, 5.41) is 2.92. The molecule has 0 atom stereocenters. The van der Waals surface area contributed by atoms with Gasteiger partial charge >= 0.3 is 0 Å². The SMILES string of the molecule is CCOc1ccccc1NC(=O)c1cccc2c1C(=O)N(C1CCCCC1)C2. The fourth-order valence-electron chi connectivity index (χ4n) is 4.30.